The SMILES string of the molecule is Cc1nnc(CNC(C)c2cccc(N3CCOC3=O)c2)s1. The van der Waals surface area contributed by atoms with Gasteiger partial charge < -0.3 is 10.1 Å². The second kappa shape index (κ2) is 6.41. The van der Waals surface area contributed by atoms with E-state index in [1.165, 1.54) is 0 Å². The maximum atomic E-state index is 11.6. The number of nitrogens with zero attached hydrogens (tertiary/aromatic N) is 3. The van der Waals surface area contributed by atoms with Crippen LogP contribution >= 0.6 is 11.3 Å². The van der Waals surface area contributed by atoms with E-state index in [2.05, 4.69) is 22.4 Å². The third kappa shape index (κ3) is 3.26. The minimum absolute atomic E-state index is 0.155. The summed E-state index contributed by atoms with van der Waals surface area (Å²) in [7, 11) is 0. The van der Waals surface area contributed by atoms with Gasteiger partial charge in [-0.2, -0.15) is 0 Å². The quantitative estimate of drug-likeness (QED) is 0.918. The van der Waals surface area contributed by atoms with E-state index in [0.29, 0.717) is 19.7 Å². The monoisotopic (exact) mass is 318 g/mol. The second-order valence-electron chi connectivity index (χ2n) is 5.18. The number of amides is 1. The summed E-state index contributed by atoms with van der Waals surface area (Å²) in [5, 5.41) is 13.5. The molecule has 1 amide bonds. The molecule has 22 heavy (non-hydrogen) atoms. The van der Waals surface area contributed by atoms with E-state index in [0.717, 1.165) is 21.3 Å². The lowest BCUT2D eigenvalue weighted by atomic mass is 10.1. The maximum absolute atomic E-state index is 11.6. The Labute approximate surface area is 133 Å². The van der Waals surface area contributed by atoms with Crippen LogP contribution in [-0.4, -0.2) is 29.4 Å². The molecule has 1 aliphatic heterocycles. The lowest BCUT2D eigenvalue weighted by Crippen LogP contribution is -2.24. The average Bonchev–Trinajstić information content (AvgIpc) is 3.13. The minimum Gasteiger partial charge on any atom is -0.447 e. The number of anilines is 1. The third-order valence-corrected chi connectivity index (χ3v) is 4.41. The van der Waals surface area contributed by atoms with Crippen molar-refractivity contribution in [1.82, 2.24) is 15.5 Å². The van der Waals surface area contributed by atoms with Crippen LogP contribution in [0.3, 0.4) is 0 Å². The molecule has 1 aliphatic rings. The Morgan fingerprint density at radius 3 is 3.00 bits per heavy atom. The number of carbonyl (C=O) groups is 1. The van der Waals surface area contributed by atoms with Gasteiger partial charge in [0.05, 0.1) is 13.1 Å². The Hall–Kier alpha value is -1.99. The fourth-order valence-electron chi connectivity index (χ4n) is 2.36. The molecule has 7 heteroatoms. The normalized spacial score (nSPS) is 15.9. The van der Waals surface area contributed by atoms with E-state index in [1.54, 1.807) is 16.2 Å². The molecule has 1 atom stereocenters. The van der Waals surface area contributed by atoms with Gasteiger partial charge in [0.25, 0.3) is 0 Å². The van der Waals surface area contributed by atoms with Gasteiger partial charge in [-0.15, -0.1) is 21.5 Å². The molecule has 1 unspecified atom stereocenters. The first-order chi connectivity index (χ1) is 10.6. The fraction of sp³-hybridized carbons (Fsp3) is 0.400. The van der Waals surface area contributed by atoms with Gasteiger partial charge in [-0.25, -0.2) is 4.79 Å². The van der Waals surface area contributed by atoms with Crippen molar-refractivity contribution in [3.8, 4) is 0 Å². The Balaban J connectivity index is 1.67. The molecule has 116 valence electrons. The molecular weight excluding hydrogens is 300 g/mol. The Bertz CT molecular complexity index is 673. The molecule has 1 saturated heterocycles. The smallest absolute Gasteiger partial charge is 0.414 e. The Morgan fingerprint density at radius 1 is 1.45 bits per heavy atom. The summed E-state index contributed by atoms with van der Waals surface area (Å²) >= 11 is 1.59. The highest BCUT2D eigenvalue weighted by Crippen LogP contribution is 2.23. The zero-order chi connectivity index (χ0) is 15.5. The predicted molar refractivity (Wildman–Crippen MR) is 85.0 cm³/mol. The summed E-state index contributed by atoms with van der Waals surface area (Å²) in [6.45, 7) is 5.78. The van der Waals surface area contributed by atoms with Crippen molar-refractivity contribution in [1.29, 1.82) is 0 Å². The van der Waals surface area contributed by atoms with Crippen LogP contribution in [0.5, 0.6) is 0 Å². The van der Waals surface area contributed by atoms with Crippen LogP contribution in [0.1, 0.15) is 28.5 Å². The van der Waals surface area contributed by atoms with E-state index in [9.17, 15) is 4.79 Å². The number of nitrogens with one attached hydrogen (secondary N) is 1. The topological polar surface area (TPSA) is 67.3 Å². The zero-order valence-corrected chi connectivity index (χ0v) is 13.4. The molecule has 2 heterocycles. The van der Waals surface area contributed by atoms with Crippen LogP contribution in [0.25, 0.3) is 0 Å². The largest absolute Gasteiger partial charge is 0.447 e. The molecule has 1 N–H and O–H groups in total. The summed E-state index contributed by atoms with van der Waals surface area (Å²) in [6, 6.07) is 8.12. The van der Waals surface area contributed by atoms with Crippen molar-refractivity contribution in [2.75, 3.05) is 18.1 Å². The molecule has 0 aliphatic carbocycles. The molecule has 1 aromatic carbocycles. The van der Waals surface area contributed by atoms with Gasteiger partial charge in [-0.3, -0.25) is 4.90 Å². The molecule has 0 spiro atoms. The van der Waals surface area contributed by atoms with Crippen molar-refractivity contribution in [3.05, 3.63) is 39.8 Å². The van der Waals surface area contributed by atoms with E-state index in [-0.39, 0.29) is 12.1 Å². The number of ether oxygens (including phenoxy) is 1. The molecule has 1 aromatic heterocycles. The summed E-state index contributed by atoms with van der Waals surface area (Å²) < 4.78 is 4.99. The number of aryl methyl sites for hydroxylation is 1. The second-order valence-corrected chi connectivity index (χ2v) is 6.44. The zero-order valence-electron chi connectivity index (χ0n) is 12.6. The van der Waals surface area contributed by atoms with Gasteiger partial charge in [-0.1, -0.05) is 12.1 Å². The van der Waals surface area contributed by atoms with Crippen LogP contribution in [-0.2, 0) is 11.3 Å². The average molecular weight is 318 g/mol. The third-order valence-electron chi connectivity index (χ3n) is 3.57. The summed E-state index contributed by atoms with van der Waals surface area (Å²) in [5.41, 5.74) is 2.00. The lowest BCUT2D eigenvalue weighted by Gasteiger charge is -2.17. The van der Waals surface area contributed by atoms with Crippen LogP contribution in [0.15, 0.2) is 24.3 Å². The number of hydrogen-bond donors (Lipinski definition) is 1. The van der Waals surface area contributed by atoms with Gasteiger partial charge in [-0.05, 0) is 31.5 Å². The molecule has 0 radical (unpaired) electrons. The lowest BCUT2D eigenvalue weighted by molar-refractivity contribution is 0.181. The van der Waals surface area contributed by atoms with Crippen molar-refractivity contribution in [2.45, 2.75) is 26.4 Å². The van der Waals surface area contributed by atoms with Gasteiger partial charge in [0.1, 0.15) is 16.6 Å². The number of cyclic esters (lactones) is 1. The molecular formula is C15H18N4O2S. The van der Waals surface area contributed by atoms with Crippen LogP contribution in [0, 0.1) is 6.92 Å². The summed E-state index contributed by atoms with van der Waals surface area (Å²) in [4.78, 5) is 13.3. The first-order valence-electron chi connectivity index (χ1n) is 7.20. The standard InChI is InChI=1S/C15H18N4O2S/c1-10(16-9-14-18-17-11(2)22-14)12-4-3-5-13(8-12)19-6-7-21-15(19)20/h3-5,8,10,16H,6-7,9H2,1-2H3. The van der Waals surface area contributed by atoms with E-state index in [4.69, 9.17) is 4.74 Å². The molecule has 3 rings (SSSR count). The number of hydrogen-bond acceptors (Lipinski definition) is 6. The highest BCUT2D eigenvalue weighted by atomic mass is 32.1. The van der Waals surface area contributed by atoms with Crippen molar-refractivity contribution in [3.63, 3.8) is 0 Å². The van der Waals surface area contributed by atoms with Crippen LogP contribution in [0.2, 0.25) is 0 Å². The number of carbonyl (C=O) groups excluding carboxylic acids is 1. The van der Waals surface area contributed by atoms with Crippen LogP contribution in [0.4, 0.5) is 10.5 Å². The summed E-state index contributed by atoms with van der Waals surface area (Å²) in [5.74, 6) is 0. The molecule has 1 fully saturated rings. The minimum atomic E-state index is -0.276. The van der Waals surface area contributed by atoms with E-state index >= 15 is 0 Å². The Kier molecular flexibility index (Phi) is 4.35. The number of aromatic nitrogens is 2. The highest BCUT2D eigenvalue weighted by Gasteiger charge is 2.23. The van der Waals surface area contributed by atoms with Gasteiger partial charge in [0.15, 0.2) is 0 Å². The fourth-order valence-corrected chi connectivity index (χ4v) is 3.02. The maximum Gasteiger partial charge on any atom is 0.414 e. The van der Waals surface area contributed by atoms with Crippen molar-refractivity contribution < 1.29 is 9.53 Å². The summed E-state index contributed by atoms with van der Waals surface area (Å²) in [6.07, 6.45) is -0.276. The van der Waals surface area contributed by atoms with Crippen LogP contribution < -0.4 is 10.2 Å². The first-order valence-corrected chi connectivity index (χ1v) is 8.02. The van der Waals surface area contributed by atoms with Gasteiger partial charge in [0, 0.05) is 11.7 Å². The molecule has 6 nitrogen and oxygen atoms in total. The van der Waals surface area contributed by atoms with E-state index < -0.39 is 0 Å². The number of benzene rings is 1. The van der Waals surface area contributed by atoms with Gasteiger partial charge >= 0.3 is 6.09 Å². The first kappa shape index (κ1) is 14.9. The molecule has 2 aromatic rings. The molecule has 0 saturated carbocycles. The van der Waals surface area contributed by atoms with E-state index in [1.807, 2.05) is 31.2 Å². The highest BCUT2D eigenvalue weighted by molar-refractivity contribution is 7.11. The van der Waals surface area contributed by atoms with Gasteiger partial charge in [0.2, 0.25) is 0 Å². The van der Waals surface area contributed by atoms with Crippen molar-refractivity contribution in [2.24, 2.45) is 0 Å². The molecule has 0 bridgehead atoms. The Morgan fingerprint density at radius 2 is 2.32 bits per heavy atom. The van der Waals surface area contributed by atoms with Crippen molar-refractivity contribution >= 4 is 23.1 Å². The predicted octanol–water partition coefficient (Wildman–Crippen LogP) is 2.65. The number of rotatable bonds is 5.